The van der Waals surface area contributed by atoms with E-state index in [2.05, 4.69) is 23.4 Å². The molecule has 0 radical (unpaired) electrons. The SMILES string of the molecule is CCn1cc(S(=O)(=O)n2cc(C3=CCNC(C)C3)c3ccccc32)cn1. The fourth-order valence-electron chi connectivity index (χ4n) is 3.46. The normalized spacial score (nSPS) is 18.2. The predicted molar refractivity (Wildman–Crippen MR) is 102 cm³/mol. The topological polar surface area (TPSA) is 68.9 Å². The van der Waals surface area contributed by atoms with Gasteiger partial charge in [0, 0.05) is 42.5 Å². The van der Waals surface area contributed by atoms with Gasteiger partial charge in [0.2, 0.25) is 0 Å². The number of hydrogen-bond donors (Lipinski definition) is 1. The Labute approximate surface area is 153 Å². The number of nitrogens with zero attached hydrogens (tertiary/aromatic N) is 3. The van der Waals surface area contributed by atoms with Gasteiger partial charge in [-0.05, 0) is 31.9 Å². The summed E-state index contributed by atoms with van der Waals surface area (Å²) in [5, 5.41) is 8.46. The van der Waals surface area contributed by atoms with Crippen LogP contribution in [0.4, 0.5) is 0 Å². The van der Waals surface area contributed by atoms with Crippen molar-refractivity contribution in [1.82, 2.24) is 19.1 Å². The van der Waals surface area contributed by atoms with Crippen LogP contribution in [0.15, 0.2) is 53.8 Å². The van der Waals surface area contributed by atoms with Crippen LogP contribution in [-0.4, -0.2) is 34.8 Å². The number of aryl methyl sites for hydroxylation is 1. The molecule has 1 atom stereocenters. The van der Waals surface area contributed by atoms with Gasteiger partial charge >= 0.3 is 0 Å². The van der Waals surface area contributed by atoms with E-state index in [1.165, 1.54) is 15.7 Å². The highest BCUT2D eigenvalue weighted by atomic mass is 32.2. The van der Waals surface area contributed by atoms with Crippen molar-refractivity contribution in [1.29, 1.82) is 0 Å². The number of fused-ring (bicyclic) bond motifs is 1. The summed E-state index contributed by atoms with van der Waals surface area (Å²) in [4.78, 5) is 0.208. The van der Waals surface area contributed by atoms with Crippen LogP contribution in [0.25, 0.3) is 16.5 Å². The monoisotopic (exact) mass is 370 g/mol. The number of para-hydroxylation sites is 1. The third kappa shape index (κ3) is 2.77. The second kappa shape index (κ2) is 6.41. The van der Waals surface area contributed by atoms with Crippen molar-refractivity contribution in [2.45, 2.75) is 37.8 Å². The van der Waals surface area contributed by atoms with Gasteiger partial charge < -0.3 is 5.32 Å². The molecule has 136 valence electrons. The molecular formula is C19H22N4O2S. The minimum absolute atomic E-state index is 0.208. The maximum Gasteiger partial charge on any atom is 0.271 e. The van der Waals surface area contributed by atoms with Crippen molar-refractivity contribution in [3.63, 3.8) is 0 Å². The van der Waals surface area contributed by atoms with Crippen molar-refractivity contribution in [3.05, 3.63) is 54.5 Å². The molecule has 1 aliphatic rings. The molecule has 4 rings (SSSR count). The zero-order valence-corrected chi connectivity index (χ0v) is 15.7. The lowest BCUT2D eigenvalue weighted by molar-refractivity contribution is 0.579. The molecule has 0 saturated heterocycles. The molecule has 3 heterocycles. The fourth-order valence-corrected chi connectivity index (χ4v) is 4.78. The van der Waals surface area contributed by atoms with Gasteiger partial charge in [0.15, 0.2) is 0 Å². The van der Waals surface area contributed by atoms with Gasteiger partial charge in [-0.2, -0.15) is 5.10 Å². The van der Waals surface area contributed by atoms with Gasteiger partial charge in [0.1, 0.15) is 4.90 Å². The van der Waals surface area contributed by atoms with Crippen molar-refractivity contribution >= 4 is 26.5 Å². The van der Waals surface area contributed by atoms with E-state index in [0.717, 1.165) is 23.9 Å². The van der Waals surface area contributed by atoms with E-state index < -0.39 is 10.0 Å². The van der Waals surface area contributed by atoms with Crippen LogP contribution in [0.2, 0.25) is 0 Å². The van der Waals surface area contributed by atoms with E-state index in [9.17, 15) is 8.42 Å². The molecule has 2 aromatic heterocycles. The van der Waals surface area contributed by atoms with Gasteiger partial charge in [0.05, 0.1) is 11.7 Å². The average molecular weight is 370 g/mol. The average Bonchev–Trinajstić information content (AvgIpc) is 3.27. The number of hydrogen-bond acceptors (Lipinski definition) is 4. The highest BCUT2D eigenvalue weighted by Crippen LogP contribution is 2.33. The third-order valence-corrected chi connectivity index (χ3v) is 6.48. The molecule has 0 fully saturated rings. The first-order valence-electron chi connectivity index (χ1n) is 8.81. The van der Waals surface area contributed by atoms with Crippen molar-refractivity contribution in [3.8, 4) is 0 Å². The van der Waals surface area contributed by atoms with Crippen molar-refractivity contribution in [2.24, 2.45) is 0 Å². The predicted octanol–water partition coefficient (Wildman–Crippen LogP) is 2.86. The molecule has 0 spiro atoms. The Morgan fingerprint density at radius 1 is 1.27 bits per heavy atom. The minimum atomic E-state index is -3.70. The van der Waals surface area contributed by atoms with E-state index in [1.54, 1.807) is 17.1 Å². The quantitative estimate of drug-likeness (QED) is 0.767. The lowest BCUT2D eigenvalue weighted by Crippen LogP contribution is -2.29. The van der Waals surface area contributed by atoms with Gasteiger partial charge in [-0.3, -0.25) is 4.68 Å². The summed E-state index contributed by atoms with van der Waals surface area (Å²) in [5.74, 6) is 0. The zero-order valence-electron chi connectivity index (χ0n) is 14.9. The van der Waals surface area contributed by atoms with Crippen LogP contribution in [0.3, 0.4) is 0 Å². The summed E-state index contributed by atoms with van der Waals surface area (Å²) in [7, 11) is -3.70. The van der Waals surface area contributed by atoms with Gasteiger partial charge in [-0.15, -0.1) is 0 Å². The maximum absolute atomic E-state index is 13.2. The fraction of sp³-hybridized carbons (Fsp3) is 0.316. The van der Waals surface area contributed by atoms with E-state index in [1.807, 2.05) is 31.2 Å². The first-order chi connectivity index (χ1) is 12.5. The summed E-state index contributed by atoms with van der Waals surface area (Å²) < 4.78 is 29.4. The second-order valence-electron chi connectivity index (χ2n) is 6.64. The number of benzene rings is 1. The van der Waals surface area contributed by atoms with E-state index in [-0.39, 0.29) is 4.90 Å². The molecule has 1 aromatic carbocycles. The lowest BCUT2D eigenvalue weighted by Gasteiger charge is -2.20. The lowest BCUT2D eigenvalue weighted by atomic mass is 9.96. The van der Waals surface area contributed by atoms with Crippen LogP contribution in [-0.2, 0) is 16.6 Å². The van der Waals surface area contributed by atoms with Crippen LogP contribution >= 0.6 is 0 Å². The van der Waals surface area contributed by atoms with E-state index >= 15 is 0 Å². The summed E-state index contributed by atoms with van der Waals surface area (Å²) in [6.45, 7) is 5.50. The number of nitrogens with one attached hydrogen (secondary N) is 1. The van der Waals surface area contributed by atoms with E-state index in [4.69, 9.17) is 0 Å². The molecule has 0 saturated carbocycles. The van der Waals surface area contributed by atoms with Crippen molar-refractivity contribution in [2.75, 3.05) is 6.54 Å². The Balaban J connectivity index is 1.90. The Morgan fingerprint density at radius 3 is 2.81 bits per heavy atom. The Morgan fingerprint density at radius 2 is 2.08 bits per heavy atom. The second-order valence-corrected chi connectivity index (χ2v) is 8.45. The van der Waals surface area contributed by atoms with Crippen LogP contribution in [0.5, 0.6) is 0 Å². The van der Waals surface area contributed by atoms with Crippen LogP contribution < -0.4 is 5.32 Å². The third-order valence-electron chi connectivity index (χ3n) is 4.86. The Kier molecular flexibility index (Phi) is 4.20. The number of aromatic nitrogens is 3. The number of rotatable bonds is 4. The molecular weight excluding hydrogens is 348 g/mol. The highest BCUT2D eigenvalue weighted by Gasteiger charge is 2.24. The molecule has 26 heavy (non-hydrogen) atoms. The Hall–Kier alpha value is -2.38. The molecule has 1 unspecified atom stereocenters. The van der Waals surface area contributed by atoms with Crippen LogP contribution in [0, 0.1) is 0 Å². The Bertz CT molecular complexity index is 1090. The summed E-state index contributed by atoms with van der Waals surface area (Å²) >= 11 is 0. The standard InChI is InChI=1S/C19H22N4O2S/c1-3-22-12-16(11-21-22)26(24,25)23-13-18(15-8-9-20-14(2)10-15)17-6-4-5-7-19(17)23/h4-8,11-14,20H,3,9-10H2,1-2H3. The first kappa shape index (κ1) is 17.1. The molecule has 1 aliphatic heterocycles. The molecule has 6 nitrogen and oxygen atoms in total. The first-order valence-corrected chi connectivity index (χ1v) is 10.3. The smallest absolute Gasteiger partial charge is 0.271 e. The molecule has 0 amide bonds. The molecule has 0 aliphatic carbocycles. The summed E-state index contributed by atoms with van der Waals surface area (Å²) in [5.41, 5.74) is 2.87. The molecule has 3 aromatic rings. The maximum atomic E-state index is 13.2. The summed E-state index contributed by atoms with van der Waals surface area (Å²) in [6.07, 6.45) is 7.78. The van der Waals surface area contributed by atoms with Crippen LogP contribution in [0.1, 0.15) is 25.8 Å². The molecule has 1 N–H and O–H groups in total. The van der Waals surface area contributed by atoms with Gasteiger partial charge in [-0.1, -0.05) is 24.3 Å². The van der Waals surface area contributed by atoms with E-state index in [0.29, 0.717) is 18.1 Å². The van der Waals surface area contributed by atoms with Gasteiger partial charge in [-0.25, -0.2) is 12.4 Å². The summed E-state index contributed by atoms with van der Waals surface area (Å²) in [6, 6.07) is 8.03. The van der Waals surface area contributed by atoms with Crippen molar-refractivity contribution < 1.29 is 8.42 Å². The molecule has 7 heteroatoms. The zero-order chi connectivity index (χ0) is 18.3. The minimum Gasteiger partial charge on any atom is -0.310 e. The largest absolute Gasteiger partial charge is 0.310 e. The highest BCUT2D eigenvalue weighted by molar-refractivity contribution is 7.90. The molecule has 0 bridgehead atoms. The van der Waals surface area contributed by atoms with Gasteiger partial charge in [0.25, 0.3) is 10.0 Å².